The monoisotopic (exact) mass is 308 g/mol. The Kier molecular flexibility index (Phi) is 4.25. The van der Waals surface area contributed by atoms with Crippen molar-refractivity contribution >= 4 is 17.6 Å². The minimum atomic E-state index is -1.26. The zero-order valence-electron chi connectivity index (χ0n) is 11.3. The molecule has 2 N–H and O–H groups in total. The molecule has 0 spiro atoms. The van der Waals surface area contributed by atoms with Crippen molar-refractivity contribution in [3.05, 3.63) is 58.0 Å². The molecule has 22 heavy (non-hydrogen) atoms. The summed E-state index contributed by atoms with van der Waals surface area (Å²) in [5.74, 6) is -3.48. The number of anilines is 1. The largest absolute Gasteiger partial charge is 0.326 e. The molecule has 0 radical (unpaired) electrons. The van der Waals surface area contributed by atoms with Crippen molar-refractivity contribution in [1.82, 2.24) is 15.1 Å². The number of aryl methyl sites for hydroxylation is 1. The van der Waals surface area contributed by atoms with E-state index in [0.717, 1.165) is 22.9 Å². The zero-order chi connectivity index (χ0) is 16.3. The van der Waals surface area contributed by atoms with Crippen LogP contribution < -0.4 is 16.2 Å². The quantitative estimate of drug-likeness (QED) is 0.866. The Morgan fingerprint density at radius 3 is 2.45 bits per heavy atom. The maximum Gasteiger partial charge on any atom is 0.326 e. The molecule has 0 unspecified atom stereocenters. The van der Waals surface area contributed by atoms with Crippen LogP contribution in [0.25, 0.3) is 0 Å². The number of urea groups is 1. The lowest BCUT2D eigenvalue weighted by Crippen LogP contribution is -2.37. The molecular formula is C13H10F2N4O3. The predicted molar refractivity (Wildman–Crippen MR) is 72.3 cm³/mol. The van der Waals surface area contributed by atoms with E-state index in [-0.39, 0.29) is 5.69 Å². The van der Waals surface area contributed by atoms with Crippen molar-refractivity contribution in [2.24, 2.45) is 7.05 Å². The molecule has 0 fully saturated rings. The summed E-state index contributed by atoms with van der Waals surface area (Å²) in [5.41, 5.74) is -1.64. The molecule has 9 heteroatoms. The summed E-state index contributed by atoms with van der Waals surface area (Å²) in [6.45, 7) is 0. The number of benzene rings is 1. The van der Waals surface area contributed by atoms with Crippen LogP contribution in [0.1, 0.15) is 10.4 Å². The SMILES string of the molecule is Cn1nccc(NC(=O)NC(=O)c2c(F)cccc2F)c1=O. The minimum Gasteiger partial charge on any atom is -0.303 e. The first-order chi connectivity index (χ1) is 10.4. The number of imide groups is 1. The van der Waals surface area contributed by atoms with E-state index in [1.165, 1.54) is 19.3 Å². The van der Waals surface area contributed by atoms with Gasteiger partial charge in [0.15, 0.2) is 0 Å². The Morgan fingerprint density at radius 1 is 1.18 bits per heavy atom. The summed E-state index contributed by atoms with van der Waals surface area (Å²) >= 11 is 0. The third-order valence-corrected chi connectivity index (χ3v) is 2.67. The number of nitrogens with zero attached hydrogens (tertiary/aromatic N) is 2. The third-order valence-electron chi connectivity index (χ3n) is 2.67. The summed E-state index contributed by atoms with van der Waals surface area (Å²) in [6.07, 6.45) is 1.26. The smallest absolute Gasteiger partial charge is 0.303 e. The molecule has 0 bridgehead atoms. The molecule has 1 heterocycles. The molecule has 0 saturated heterocycles. The van der Waals surface area contributed by atoms with E-state index in [4.69, 9.17) is 0 Å². The summed E-state index contributed by atoms with van der Waals surface area (Å²) in [6, 6.07) is 2.97. The van der Waals surface area contributed by atoms with E-state index in [2.05, 4.69) is 10.4 Å². The van der Waals surface area contributed by atoms with Crippen LogP contribution in [-0.4, -0.2) is 21.7 Å². The zero-order valence-corrected chi connectivity index (χ0v) is 11.3. The van der Waals surface area contributed by atoms with Gasteiger partial charge in [-0.2, -0.15) is 5.10 Å². The molecule has 2 rings (SSSR count). The van der Waals surface area contributed by atoms with Gasteiger partial charge in [0.2, 0.25) is 0 Å². The number of hydrogen-bond acceptors (Lipinski definition) is 4. The van der Waals surface area contributed by atoms with Gasteiger partial charge in [0.05, 0.1) is 0 Å². The van der Waals surface area contributed by atoms with Crippen LogP contribution in [-0.2, 0) is 7.05 Å². The molecule has 1 aromatic carbocycles. The molecule has 1 aromatic heterocycles. The Balaban J connectivity index is 2.14. The number of aromatic nitrogens is 2. The van der Waals surface area contributed by atoms with Gasteiger partial charge in [0, 0.05) is 13.2 Å². The maximum absolute atomic E-state index is 13.4. The van der Waals surface area contributed by atoms with Crippen molar-refractivity contribution in [2.45, 2.75) is 0 Å². The molecule has 114 valence electrons. The van der Waals surface area contributed by atoms with E-state index >= 15 is 0 Å². The second-order valence-corrected chi connectivity index (χ2v) is 4.18. The number of carbonyl (C=O) groups excluding carboxylic acids is 2. The van der Waals surface area contributed by atoms with Crippen molar-refractivity contribution in [1.29, 1.82) is 0 Å². The van der Waals surface area contributed by atoms with Gasteiger partial charge in [-0.3, -0.25) is 14.9 Å². The maximum atomic E-state index is 13.4. The second kappa shape index (κ2) is 6.12. The lowest BCUT2D eigenvalue weighted by Gasteiger charge is -2.08. The molecule has 0 atom stereocenters. The van der Waals surface area contributed by atoms with Gasteiger partial charge < -0.3 is 5.32 Å². The Labute approximate surface area is 122 Å². The number of carbonyl (C=O) groups is 2. The standard InChI is InChI=1S/C13H10F2N4O3/c1-19-12(21)9(5-6-16-19)17-13(22)18-11(20)10-7(14)3-2-4-8(10)15/h2-6H,1H3,(H2,17,18,20,22). The van der Waals surface area contributed by atoms with Crippen LogP contribution >= 0.6 is 0 Å². The van der Waals surface area contributed by atoms with Gasteiger partial charge in [-0.25, -0.2) is 18.3 Å². The highest BCUT2D eigenvalue weighted by molar-refractivity contribution is 6.08. The normalized spacial score (nSPS) is 10.1. The van der Waals surface area contributed by atoms with Crippen LogP contribution in [0.3, 0.4) is 0 Å². The van der Waals surface area contributed by atoms with Gasteiger partial charge in [-0.05, 0) is 18.2 Å². The average molecular weight is 308 g/mol. The Hall–Kier alpha value is -3.10. The average Bonchev–Trinajstić information content (AvgIpc) is 2.43. The van der Waals surface area contributed by atoms with Crippen LogP contribution in [0.4, 0.5) is 19.3 Å². The summed E-state index contributed by atoms with van der Waals surface area (Å²) < 4.78 is 27.8. The molecule has 0 saturated carbocycles. The number of halogens is 2. The Morgan fingerprint density at radius 2 is 1.82 bits per heavy atom. The summed E-state index contributed by atoms with van der Waals surface area (Å²) in [5, 5.41) is 7.48. The van der Waals surface area contributed by atoms with E-state index < -0.39 is 34.7 Å². The van der Waals surface area contributed by atoms with E-state index in [1.54, 1.807) is 5.32 Å². The summed E-state index contributed by atoms with van der Waals surface area (Å²) in [4.78, 5) is 34.9. The molecule has 2 aromatic rings. The van der Waals surface area contributed by atoms with E-state index in [0.29, 0.717) is 0 Å². The van der Waals surface area contributed by atoms with Crippen molar-refractivity contribution in [3.63, 3.8) is 0 Å². The van der Waals surface area contributed by atoms with E-state index in [9.17, 15) is 23.2 Å². The first kappa shape index (κ1) is 15.3. The Bertz CT molecular complexity index is 784. The summed E-state index contributed by atoms with van der Waals surface area (Å²) in [7, 11) is 1.37. The van der Waals surface area contributed by atoms with Gasteiger partial charge >= 0.3 is 6.03 Å². The fourth-order valence-electron chi connectivity index (χ4n) is 1.63. The van der Waals surface area contributed by atoms with Crippen LogP contribution in [0.15, 0.2) is 35.3 Å². The minimum absolute atomic E-state index is 0.142. The second-order valence-electron chi connectivity index (χ2n) is 4.18. The molecule has 0 aliphatic carbocycles. The number of rotatable bonds is 2. The highest BCUT2D eigenvalue weighted by Gasteiger charge is 2.19. The van der Waals surface area contributed by atoms with Crippen molar-refractivity contribution in [3.8, 4) is 0 Å². The number of amides is 3. The molecule has 7 nitrogen and oxygen atoms in total. The van der Waals surface area contributed by atoms with E-state index in [1.807, 2.05) is 0 Å². The molecule has 0 aliphatic heterocycles. The fourth-order valence-corrected chi connectivity index (χ4v) is 1.63. The molecule has 3 amide bonds. The number of hydrogen-bond donors (Lipinski definition) is 2. The molecular weight excluding hydrogens is 298 g/mol. The van der Waals surface area contributed by atoms with Crippen LogP contribution in [0, 0.1) is 11.6 Å². The van der Waals surface area contributed by atoms with Gasteiger partial charge in [0.25, 0.3) is 11.5 Å². The third kappa shape index (κ3) is 3.14. The van der Waals surface area contributed by atoms with Gasteiger partial charge in [-0.15, -0.1) is 0 Å². The lowest BCUT2D eigenvalue weighted by molar-refractivity contribution is 0.0959. The van der Waals surface area contributed by atoms with Crippen LogP contribution in [0.2, 0.25) is 0 Å². The topological polar surface area (TPSA) is 93.1 Å². The fraction of sp³-hybridized carbons (Fsp3) is 0.0769. The lowest BCUT2D eigenvalue weighted by atomic mass is 10.2. The highest BCUT2D eigenvalue weighted by atomic mass is 19.1. The van der Waals surface area contributed by atoms with Crippen LogP contribution in [0.5, 0.6) is 0 Å². The first-order valence-corrected chi connectivity index (χ1v) is 5.99. The predicted octanol–water partition coefficient (Wildman–Crippen LogP) is 1.02. The van der Waals surface area contributed by atoms with Crippen molar-refractivity contribution < 1.29 is 18.4 Å². The van der Waals surface area contributed by atoms with Gasteiger partial charge in [0.1, 0.15) is 22.9 Å². The number of nitrogens with one attached hydrogen (secondary N) is 2. The first-order valence-electron chi connectivity index (χ1n) is 5.99. The van der Waals surface area contributed by atoms with Crippen molar-refractivity contribution in [2.75, 3.05) is 5.32 Å². The van der Waals surface area contributed by atoms with Gasteiger partial charge in [-0.1, -0.05) is 6.07 Å². The molecule has 0 aliphatic rings. The highest BCUT2D eigenvalue weighted by Crippen LogP contribution is 2.11.